The zero-order valence-corrected chi connectivity index (χ0v) is 6.14. The van der Waals surface area contributed by atoms with Crippen molar-refractivity contribution in [2.45, 2.75) is 25.7 Å². The first-order valence-corrected chi connectivity index (χ1v) is 4.33. The molecule has 0 amide bonds. The molecule has 3 aliphatic carbocycles. The van der Waals surface area contributed by atoms with Crippen LogP contribution in [0.5, 0.6) is 0 Å². The molecule has 3 rings (SSSR count). The van der Waals surface area contributed by atoms with Gasteiger partial charge in [-0.25, -0.2) is 0 Å². The van der Waals surface area contributed by atoms with Gasteiger partial charge in [-0.05, 0) is 31.6 Å². The molecule has 0 atom stereocenters. The predicted molar refractivity (Wildman–Crippen MR) is 41.6 cm³/mol. The molecule has 52 valence electrons. The van der Waals surface area contributed by atoms with Gasteiger partial charge in [0.25, 0.3) is 0 Å². The third-order valence-electron chi connectivity index (χ3n) is 3.34. The Morgan fingerprint density at radius 1 is 1.00 bits per heavy atom. The molecule has 0 aromatic carbocycles. The lowest BCUT2D eigenvalue weighted by Crippen LogP contribution is -2.01. The fourth-order valence-corrected chi connectivity index (χ4v) is 2.88. The molecule has 0 aliphatic heterocycles. The highest BCUT2D eigenvalue weighted by Crippen LogP contribution is 2.52. The molecular weight excluding hydrogens is 120 g/mol. The first-order valence-electron chi connectivity index (χ1n) is 4.33. The van der Waals surface area contributed by atoms with Gasteiger partial charge in [-0.3, -0.25) is 0 Å². The average Bonchev–Trinajstić information content (AvgIpc) is 2.56. The topological polar surface area (TPSA) is 0 Å². The van der Waals surface area contributed by atoms with E-state index in [-0.39, 0.29) is 0 Å². The molecule has 0 bridgehead atoms. The van der Waals surface area contributed by atoms with Crippen LogP contribution >= 0.6 is 0 Å². The van der Waals surface area contributed by atoms with E-state index in [0.29, 0.717) is 0 Å². The van der Waals surface area contributed by atoms with Crippen LogP contribution in [0.2, 0.25) is 0 Å². The minimum atomic E-state index is 0.944. The van der Waals surface area contributed by atoms with Crippen LogP contribution in [-0.4, -0.2) is 0 Å². The maximum Gasteiger partial charge on any atom is 0.00413 e. The molecule has 0 unspecified atom stereocenters. The zero-order chi connectivity index (χ0) is 6.55. The van der Waals surface area contributed by atoms with E-state index < -0.39 is 0 Å². The van der Waals surface area contributed by atoms with Gasteiger partial charge < -0.3 is 0 Å². The van der Waals surface area contributed by atoms with Crippen LogP contribution in [0.15, 0.2) is 23.3 Å². The van der Waals surface area contributed by atoms with Crippen LogP contribution in [0.1, 0.15) is 25.7 Å². The van der Waals surface area contributed by atoms with E-state index in [4.69, 9.17) is 0 Å². The van der Waals surface area contributed by atoms with Crippen LogP contribution in [0.4, 0.5) is 0 Å². The maximum atomic E-state index is 2.50. The Bertz CT molecular complexity index is 208. The summed E-state index contributed by atoms with van der Waals surface area (Å²) in [7, 11) is 0. The van der Waals surface area contributed by atoms with Gasteiger partial charge in [0, 0.05) is 5.92 Å². The van der Waals surface area contributed by atoms with Crippen molar-refractivity contribution >= 4 is 0 Å². The third kappa shape index (κ3) is 0.448. The van der Waals surface area contributed by atoms with E-state index in [9.17, 15) is 0 Å². The lowest BCUT2D eigenvalue weighted by atomic mass is 9.95. The highest BCUT2D eigenvalue weighted by atomic mass is 14.4. The molecular formula is C10H12. The van der Waals surface area contributed by atoms with Crippen molar-refractivity contribution in [3.8, 4) is 0 Å². The molecule has 0 N–H and O–H groups in total. The van der Waals surface area contributed by atoms with Gasteiger partial charge in [0.2, 0.25) is 0 Å². The first kappa shape index (κ1) is 5.17. The average molecular weight is 132 g/mol. The van der Waals surface area contributed by atoms with E-state index in [1.807, 2.05) is 0 Å². The fourth-order valence-electron chi connectivity index (χ4n) is 2.88. The summed E-state index contributed by atoms with van der Waals surface area (Å²) in [6.45, 7) is 0. The lowest BCUT2D eigenvalue weighted by Gasteiger charge is -2.09. The summed E-state index contributed by atoms with van der Waals surface area (Å²) in [6.07, 6.45) is 10.5. The van der Waals surface area contributed by atoms with Crippen molar-refractivity contribution in [3.63, 3.8) is 0 Å². The predicted octanol–water partition coefficient (Wildman–Crippen LogP) is 2.67. The van der Waals surface area contributed by atoms with Gasteiger partial charge in [0.15, 0.2) is 0 Å². The Hall–Kier alpha value is -0.520. The Labute approximate surface area is 61.6 Å². The van der Waals surface area contributed by atoms with Gasteiger partial charge in [-0.1, -0.05) is 23.3 Å². The summed E-state index contributed by atoms with van der Waals surface area (Å²) in [6, 6.07) is 0. The molecule has 0 radical (unpaired) electrons. The van der Waals surface area contributed by atoms with Crippen molar-refractivity contribution in [1.82, 2.24) is 0 Å². The molecule has 10 heavy (non-hydrogen) atoms. The molecule has 0 heterocycles. The van der Waals surface area contributed by atoms with E-state index >= 15 is 0 Å². The molecule has 0 heteroatoms. The molecule has 0 aromatic rings. The third-order valence-corrected chi connectivity index (χ3v) is 3.34. The molecule has 0 saturated heterocycles. The standard InChI is InChI=1S/C10H12/c1-2-8-5-6-9-4-3-7(1)10(8)9/h1,6,8,10H,2-5H2. The first-order chi connectivity index (χ1) is 4.95. The number of allylic oxidation sites excluding steroid dienone is 4. The SMILES string of the molecule is C1=C2CCC3=CCC(C1)C23. The second-order valence-electron chi connectivity index (χ2n) is 3.77. The fraction of sp³-hybridized carbons (Fsp3) is 0.600. The van der Waals surface area contributed by atoms with E-state index in [1.165, 1.54) is 25.7 Å². The van der Waals surface area contributed by atoms with Crippen LogP contribution in [0.25, 0.3) is 0 Å². The van der Waals surface area contributed by atoms with Crippen molar-refractivity contribution in [3.05, 3.63) is 23.3 Å². The highest BCUT2D eigenvalue weighted by Gasteiger charge is 2.38. The summed E-state index contributed by atoms with van der Waals surface area (Å²) in [4.78, 5) is 0. The van der Waals surface area contributed by atoms with Crippen LogP contribution in [0, 0.1) is 11.8 Å². The van der Waals surface area contributed by atoms with Crippen LogP contribution < -0.4 is 0 Å². The Kier molecular flexibility index (Phi) is 0.803. The van der Waals surface area contributed by atoms with Gasteiger partial charge in [-0.2, -0.15) is 0 Å². The number of hydrogen-bond donors (Lipinski definition) is 0. The largest absolute Gasteiger partial charge is 0.0844 e. The maximum absolute atomic E-state index is 2.50. The minimum absolute atomic E-state index is 0.944. The molecule has 0 nitrogen and oxygen atoms in total. The van der Waals surface area contributed by atoms with Crippen LogP contribution in [-0.2, 0) is 0 Å². The van der Waals surface area contributed by atoms with E-state index in [2.05, 4.69) is 12.2 Å². The quantitative estimate of drug-likeness (QED) is 0.444. The van der Waals surface area contributed by atoms with Gasteiger partial charge in [0.1, 0.15) is 0 Å². The van der Waals surface area contributed by atoms with Crippen molar-refractivity contribution < 1.29 is 0 Å². The van der Waals surface area contributed by atoms with Crippen molar-refractivity contribution in [2.24, 2.45) is 11.8 Å². The number of rotatable bonds is 0. The van der Waals surface area contributed by atoms with Gasteiger partial charge in [0.05, 0.1) is 0 Å². The summed E-state index contributed by atoms with van der Waals surface area (Å²) in [5, 5.41) is 0. The normalized spacial score (nSPS) is 41.6. The van der Waals surface area contributed by atoms with E-state index in [1.54, 1.807) is 11.1 Å². The Balaban J connectivity index is 2.13. The monoisotopic (exact) mass is 132 g/mol. The number of hydrogen-bond acceptors (Lipinski definition) is 0. The second kappa shape index (κ2) is 1.55. The molecule has 1 fully saturated rings. The Morgan fingerprint density at radius 3 is 2.20 bits per heavy atom. The lowest BCUT2D eigenvalue weighted by molar-refractivity contribution is 0.510. The second-order valence-corrected chi connectivity index (χ2v) is 3.77. The van der Waals surface area contributed by atoms with Gasteiger partial charge in [-0.15, -0.1) is 0 Å². The molecule has 1 saturated carbocycles. The zero-order valence-electron chi connectivity index (χ0n) is 6.14. The summed E-state index contributed by atoms with van der Waals surface area (Å²) < 4.78 is 0. The smallest absolute Gasteiger partial charge is 0.00413 e. The highest BCUT2D eigenvalue weighted by molar-refractivity contribution is 5.37. The van der Waals surface area contributed by atoms with Crippen LogP contribution in [0.3, 0.4) is 0 Å². The summed E-state index contributed by atoms with van der Waals surface area (Å²) >= 11 is 0. The van der Waals surface area contributed by atoms with E-state index in [0.717, 1.165) is 11.8 Å². The molecule has 0 spiro atoms. The Morgan fingerprint density at radius 2 is 1.60 bits per heavy atom. The van der Waals surface area contributed by atoms with Gasteiger partial charge >= 0.3 is 0 Å². The summed E-state index contributed by atoms with van der Waals surface area (Å²) in [5.74, 6) is 1.95. The van der Waals surface area contributed by atoms with Crippen molar-refractivity contribution in [1.29, 1.82) is 0 Å². The van der Waals surface area contributed by atoms with Crippen molar-refractivity contribution in [2.75, 3.05) is 0 Å². The minimum Gasteiger partial charge on any atom is -0.0844 e. The molecule has 3 aliphatic rings. The molecule has 0 aromatic heterocycles. The summed E-state index contributed by atoms with van der Waals surface area (Å²) in [5.41, 5.74) is 3.54.